The highest BCUT2D eigenvalue weighted by atomic mass is 14.6. The van der Waals surface area contributed by atoms with E-state index in [1.807, 2.05) is 37.4 Å². The van der Waals surface area contributed by atoms with Crippen LogP contribution in [-0.2, 0) is 0 Å². The minimum Gasteiger partial charge on any atom is -0.264 e. The second kappa shape index (κ2) is 4.16. The number of hydrogen-bond acceptors (Lipinski definition) is 2. The first-order chi connectivity index (χ1) is 7.72. The number of benzene rings is 1. The lowest BCUT2D eigenvalue weighted by Gasteiger charge is -2.08. The van der Waals surface area contributed by atoms with Crippen LogP contribution in [0.1, 0.15) is 16.7 Å². The van der Waals surface area contributed by atoms with Crippen LogP contribution in [0.15, 0.2) is 36.7 Å². The Labute approximate surface area is 95.2 Å². The summed E-state index contributed by atoms with van der Waals surface area (Å²) in [6, 6.07) is 9.87. The largest absolute Gasteiger partial charge is 0.264 e. The average molecular weight is 208 g/mol. The van der Waals surface area contributed by atoms with Crippen molar-refractivity contribution in [2.75, 3.05) is 0 Å². The molecule has 2 rings (SSSR count). The van der Waals surface area contributed by atoms with Gasteiger partial charge in [0.15, 0.2) is 0 Å². The van der Waals surface area contributed by atoms with Crippen molar-refractivity contribution in [2.45, 2.75) is 13.8 Å². The maximum Gasteiger partial charge on any atom is 0.0991 e. The van der Waals surface area contributed by atoms with Gasteiger partial charge in [0.1, 0.15) is 0 Å². The van der Waals surface area contributed by atoms with Crippen molar-refractivity contribution in [3.8, 4) is 17.2 Å². The van der Waals surface area contributed by atoms with E-state index < -0.39 is 0 Å². The van der Waals surface area contributed by atoms with E-state index in [1.54, 1.807) is 6.20 Å². The summed E-state index contributed by atoms with van der Waals surface area (Å²) in [5.74, 6) is 0. The quantitative estimate of drug-likeness (QED) is 0.721. The zero-order valence-corrected chi connectivity index (χ0v) is 9.36. The molecule has 0 aliphatic carbocycles. The zero-order valence-electron chi connectivity index (χ0n) is 9.36. The van der Waals surface area contributed by atoms with Gasteiger partial charge in [0.25, 0.3) is 0 Å². The van der Waals surface area contributed by atoms with Crippen LogP contribution in [0.3, 0.4) is 0 Å². The Hall–Kier alpha value is -2.14. The van der Waals surface area contributed by atoms with Crippen LogP contribution >= 0.6 is 0 Å². The van der Waals surface area contributed by atoms with Crippen molar-refractivity contribution in [2.24, 2.45) is 0 Å². The van der Waals surface area contributed by atoms with E-state index in [1.165, 1.54) is 5.56 Å². The van der Waals surface area contributed by atoms with E-state index in [2.05, 4.69) is 18.0 Å². The Morgan fingerprint density at radius 2 is 1.81 bits per heavy atom. The minimum absolute atomic E-state index is 0.684. The molecule has 2 nitrogen and oxygen atoms in total. The molecule has 0 saturated heterocycles. The van der Waals surface area contributed by atoms with Crippen molar-refractivity contribution >= 4 is 0 Å². The maximum atomic E-state index is 8.90. The molecular formula is C14H12N2. The van der Waals surface area contributed by atoms with Crippen molar-refractivity contribution in [3.63, 3.8) is 0 Å². The topological polar surface area (TPSA) is 36.7 Å². The molecule has 0 aliphatic heterocycles. The lowest BCUT2D eigenvalue weighted by atomic mass is 9.97. The molecule has 2 aromatic rings. The molecule has 16 heavy (non-hydrogen) atoms. The fourth-order valence-corrected chi connectivity index (χ4v) is 1.73. The van der Waals surface area contributed by atoms with Gasteiger partial charge in [-0.05, 0) is 48.7 Å². The molecule has 0 spiro atoms. The zero-order chi connectivity index (χ0) is 11.5. The SMILES string of the molecule is Cc1ccncc1-c1cc(C#N)ccc1C. The van der Waals surface area contributed by atoms with Crippen LogP contribution in [-0.4, -0.2) is 4.98 Å². The van der Waals surface area contributed by atoms with E-state index in [0.29, 0.717) is 5.56 Å². The van der Waals surface area contributed by atoms with Crippen LogP contribution in [0.25, 0.3) is 11.1 Å². The normalized spacial score (nSPS) is 9.81. The minimum atomic E-state index is 0.684. The Balaban J connectivity index is 2.65. The summed E-state index contributed by atoms with van der Waals surface area (Å²) in [6.45, 7) is 4.10. The number of pyridine rings is 1. The van der Waals surface area contributed by atoms with Gasteiger partial charge in [-0.3, -0.25) is 4.98 Å². The second-order valence-corrected chi connectivity index (χ2v) is 3.83. The van der Waals surface area contributed by atoms with Gasteiger partial charge in [-0.2, -0.15) is 5.26 Å². The molecule has 0 unspecified atom stereocenters. The van der Waals surface area contributed by atoms with Crippen molar-refractivity contribution < 1.29 is 0 Å². The van der Waals surface area contributed by atoms with Crippen molar-refractivity contribution in [1.82, 2.24) is 4.98 Å². The third kappa shape index (κ3) is 1.80. The lowest BCUT2D eigenvalue weighted by molar-refractivity contribution is 1.28. The van der Waals surface area contributed by atoms with Gasteiger partial charge < -0.3 is 0 Å². The molecular weight excluding hydrogens is 196 g/mol. The number of nitriles is 1. The maximum absolute atomic E-state index is 8.90. The van der Waals surface area contributed by atoms with E-state index >= 15 is 0 Å². The van der Waals surface area contributed by atoms with Crippen LogP contribution in [0.2, 0.25) is 0 Å². The summed E-state index contributed by atoms with van der Waals surface area (Å²) >= 11 is 0. The van der Waals surface area contributed by atoms with Gasteiger partial charge in [0.2, 0.25) is 0 Å². The lowest BCUT2D eigenvalue weighted by Crippen LogP contribution is -1.89. The molecule has 2 heteroatoms. The highest BCUT2D eigenvalue weighted by molar-refractivity contribution is 5.70. The predicted molar refractivity (Wildman–Crippen MR) is 63.9 cm³/mol. The van der Waals surface area contributed by atoms with Gasteiger partial charge in [-0.1, -0.05) is 6.07 Å². The highest BCUT2D eigenvalue weighted by Gasteiger charge is 2.05. The average Bonchev–Trinajstić information content (AvgIpc) is 2.31. The van der Waals surface area contributed by atoms with Gasteiger partial charge >= 0.3 is 0 Å². The van der Waals surface area contributed by atoms with Crippen molar-refractivity contribution in [1.29, 1.82) is 5.26 Å². The molecule has 0 radical (unpaired) electrons. The standard InChI is InChI=1S/C14H12N2/c1-10-3-4-12(8-15)7-13(10)14-9-16-6-5-11(14)2/h3-7,9H,1-2H3. The Morgan fingerprint density at radius 1 is 1.06 bits per heavy atom. The Morgan fingerprint density at radius 3 is 2.50 bits per heavy atom. The van der Waals surface area contributed by atoms with E-state index in [9.17, 15) is 0 Å². The number of hydrogen-bond donors (Lipinski definition) is 0. The number of aryl methyl sites for hydroxylation is 2. The van der Waals surface area contributed by atoms with E-state index in [-0.39, 0.29) is 0 Å². The number of aromatic nitrogens is 1. The summed E-state index contributed by atoms with van der Waals surface area (Å²) in [5, 5.41) is 8.90. The highest BCUT2D eigenvalue weighted by Crippen LogP contribution is 2.26. The van der Waals surface area contributed by atoms with E-state index in [4.69, 9.17) is 5.26 Å². The molecule has 0 fully saturated rings. The predicted octanol–water partition coefficient (Wildman–Crippen LogP) is 3.24. The third-order valence-electron chi connectivity index (χ3n) is 2.70. The first-order valence-electron chi connectivity index (χ1n) is 5.14. The summed E-state index contributed by atoms with van der Waals surface area (Å²) in [4.78, 5) is 4.14. The number of nitrogens with zero attached hydrogens (tertiary/aromatic N) is 2. The summed E-state index contributed by atoms with van der Waals surface area (Å²) in [5.41, 5.74) is 5.20. The van der Waals surface area contributed by atoms with Crippen LogP contribution in [0.5, 0.6) is 0 Å². The first kappa shape index (κ1) is 10.4. The molecule has 0 N–H and O–H groups in total. The van der Waals surface area contributed by atoms with Crippen LogP contribution < -0.4 is 0 Å². The molecule has 0 bridgehead atoms. The summed E-state index contributed by atoms with van der Waals surface area (Å²) < 4.78 is 0. The molecule has 0 atom stereocenters. The first-order valence-corrected chi connectivity index (χ1v) is 5.14. The van der Waals surface area contributed by atoms with Gasteiger partial charge in [0, 0.05) is 18.0 Å². The van der Waals surface area contributed by atoms with E-state index in [0.717, 1.165) is 16.7 Å². The van der Waals surface area contributed by atoms with Crippen molar-refractivity contribution in [3.05, 3.63) is 53.3 Å². The smallest absolute Gasteiger partial charge is 0.0991 e. The van der Waals surface area contributed by atoms with Crippen LogP contribution in [0.4, 0.5) is 0 Å². The molecule has 78 valence electrons. The molecule has 1 heterocycles. The molecule has 0 aliphatic rings. The monoisotopic (exact) mass is 208 g/mol. The molecule has 1 aromatic carbocycles. The Bertz CT molecular complexity index is 565. The number of rotatable bonds is 1. The third-order valence-corrected chi connectivity index (χ3v) is 2.70. The fraction of sp³-hybridized carbons (Fsp3) is 0.143. The van der Waals surface area contributed by atoms with Gasteiger partial charge in [-0.15, -0.1) is 0 Å². The van der Waals surface area contributed by atoms with Gasteiger partial charge in [0.05, 0.1) is 11.6 Å². The fourth-order valence-electron chi connectivity index (χ4n) is 1.73. The summed E-state index contributed by atoms with van der Waals surface area (Å²) in [6.07, 6.45) is 3.63. The summed E-state index contributed by atoms with van der Waals surface area (Å²) in [7, 11) is 0. The molecule has 0 saturated carbocycles. The Kier molecular flexibility index (Phi) is 2.70. The second-order valence-electron chi connectivity index (χ2n) is 3.83. The molecule has 1 aromatic heterocycles. The molecule has 0 amide bonds. The van der Waals surface area contributed by atoms with Gasteiger partial charge in [-0.25, -0.2) is 0 Å². The van der Waals surface area contributed by atoms with Crippen LogP contribution in [0, 0.1) is 25.2 Å².